The Morgan fingerprint density at radius 3 is 1.64 bits per heavy atom. The molecule has 2 aromatic heterocycles. The second kappa shape index (κ2) is 15.6. The van der Waals surface area contributed by atoms with Crippen molar-refractivity contribution in [1.82, 2.24) is 28.9 Å². The number of likely N-dealkylation sites (N-methyl/N-ethyl adjacent to an activating group) is 1. The van der Waals surface area contributed by atoms with E-state index in [4.69, 9.17) is 35.9 Å². The predicted octanol–water partition coefficient (Wildman–Crippen LogP) is 3.66. The molecule has 0 N–H and O–H groups in total. The van der Waals surface area contributed by atoms with Gasteiger partial charge >= 0.3 is 28.1 Å². The van der Waals surface area contributed by atoms with E-state index in [-0.39, 0.29) is 17.1 Å². The van der Waals surface area contributed by atoms with E-state index in [0.29, 0.717) is 6.04 Å². The molecule has 4 aromatic rings. The summed E-state index contributed by atoms with van der Waals surface area (Å²) in [7, 11) is -5.72. The fourth-order valence-electron chi connectivity index (χ4n) is 4.83. The van der Waals surface area contributed by atoms with Gasteiger partial charge in [-0.25, -0.2) is 26.8 Å². The smallest absolute Gasteiger partial charge is 0.741 e. The fourth-order valence-corrected chi connectivity index (χ4v) is 4.83. The molecule has 0 saturated carbocycles. The molecule has 1 aliphatic heterocycles. The van der Waals surface area contributed by atoms with E-state index in [0.717, 1.165) is 48.9 Å². The van der Waals surface area contributed by atoms with Crippen LogP contribution in [0.5, 0.6) is 0 Å². The quantitative estimate of drug-likeness (QED) is 0.123. The SMILES string of the molecule is CN(Cc1nc2ccccc2n1C)C[C@@H]1CCCN1Cc1nc2ccccc2n1C.O=S(=O)([O-])C(F)(F)F.O=S(=O)([O-])C(F)(F)F.[Mn+2]. The van der Waals surface area contributed by atoms with Crippen LogP contribution in [0, 0.1) is 0 Å². The van der Waals surface area contributed by atoms with E-state index in [1.165, 1.54) is 23.9 Å². The molecule has 1 saturated heterocycles. The summed E-state index contributed by atoms with van der Waals surface area (Å²) in [4.78, 5) is 14.8. The topological polar surface area (TPSA) is 157 Å². The van der Waals surface area contributed by atoms with Crippen molar-refractivity contribution in [2.45, 2.75) is 43.0 Å². The molecule has 0 bridgehead atoms. The van der Waals surface area contributed by atoms with Crippen LogP contribution in [0.1, 0.15) is 24.5 Å². The largest absolute Gasteiger partial charge is 2.00 e. The average molecular weight is 756 g/mol. The number of benzene rings is 2. The molecule has 261 valence electrons. The van der Waals surface area contributed by atoms with Crippen molar-refractivity contribution >= 4 is 42.3 Å². The molecular formula is C26H30F6MnN6O6S2. The second-order valence-electron chi connectivity index (χ2n) is 10.4. The Morgan fingerprint density at radius 2 is 1.21 bits per heavy atom. The maximum Gasteiger partial charge on any atom is 2.00 e. The van der Waals surface area contributed by atoms with Crippen molar-refractivity contribution in [3.05, 3.63) is 60.2 Å². The number of rotatable bonds is 6. The van der Waals surface area contributed by atoms with Gasteiger partial charge in [0.15, 0.2) is 20.2 Å². The first-order chi connectivity index (χ1) is 21.1. The number of likely N-dealkylation sites (tertiary alicyclic amines) is 1. The van der Waals surface area contributed by atoms with Gasteiger partial charge in [-0.3, -0.25) is 9.80 Å². The first kappa shape index (κ1) is 40.4. The van der Waals surface area contributed by atoms with Gasteiger partial charge in [0, 0.05) is 26.7 Å². The van der Waals surface area contributed by atoms with Gasteiger partial charge in [0.25, 0.3) is 0 Å². The maximum absolute atomic E-state index is 10.7. The van der Waals surface area contributed by atoms with Gasteiger partial charge in [-0.15, -0.1) is 0 Å². The number of para-hydroxylation sites is 4. The Morgan fingerprint density at radius 1 is 0.809 bits per heavy atom. The van der Waals surface area contributed by atoms with Gasteiger partial charge in [0.2, 0.25) is 0 Å². The van der Waals surface area contributed by atoms with Crippen LogP contribution >= 0.6 is 0 Å². The standard InChI is InChI=1S/C24H30N6.2CHF3O3S.Mn/c1-27(16-23-25-19-10-4-6-12-21(19)28(23)2)15-18-9-8-14-30(18)17-24-26-20-11-5-7-13-22(20)29(24)3;2*2-1(3,4)8(5,6)7;/h4-7,10-13,18H,8-9,14-17H2,1-3H3;2*(H,5,6,7);/q;;;+2/p-2/t18-;;;/m0.../s1. The zero-order valence-electron chi connectivity index (χ0n) is 25.0. The summed E-state index contributed by atoms with van der Waals surface area (Å²) < 4.78 is 122. The van der Waals surface area contributed by atoms with E-state index < -0.39 is 31.3 Å². The average Bonchev–Trinajstić information content (AvgIpc) is 3.59. The van der Waals surface area contributed by atoms with Crippen LogP contribution in [0.3, 0.4) is 0 Å². The molecule has 0 aliphatic carbocycles. The molecule has 1 aliphatic rings. The van der Waals surface area contributed by atoms with Crippen molar-refractivity contribution < 1.29 is 69.4 Å². The zero-order valence-corrected chi connectivity index (χ0v) is 27.8. The number of aromatic nitrogens is 4. The van der Waals surface area contributed by atoms with E-state index >= 15 is 0 Å². The molecule has 12 nitrogen and oxygen atoms in total. The summed E-state index contributed by atoms with van der Waals surface area (Å²) >= 11 is 0. The number of halogens is 6. The summed E-state index contributed by atoms with van der Waals surface area (Å²) in [5.41, 5.74) is -6.72. The number of imidazole rings is 2. The van der Waals surface area contributed by atoms with E-state index in [1.807, 2.05) is 0 Å². The number of aryl methyl sites for hydroxylation is 2. The molecule has 1 fully saturated rings. The van der Waals surface area contributed by atoms with Crippen LogP contribution in [0.15, 0.2) is 48.5 Å². The van der Waals surface area contributed by atoms with E-state index in [2.05, 4.69) is 88.6 Å². The Hall–Kier alpha value is -2.78. The number of fused-ring (bicyclic) bond motifs is 2. The molecule has 0 amide bonds. The van der Waals surface area contributed by atoms with Crippen molar-refractivity contribution in [1.29, 1.82) is 0 Å². The molecule has 0 spiro atoms. The fraction of sp³-hybridized carbons (Fsp3) is 0.462. The maximum atomic E-state index is 10.7. The van der Waals surface area contributed by atoms with Gasteiger partial charge in [0.1, 0.15) is 11.6 Å². The van der Waals surface area contributed by atoms with E-state index in [9.17, 15) is 26.3 Å². The molecule has 3 heterocycles. The van der Waals surface area contributed by atoms with Crippen LogP contribution in [0.25, 0.3) is 22.1 Å². The number of hydrogen-bond donors (Lipinski definition) is 0. The van der Waals surface area contributed by atoms with Crippen LogP contribution in [-0.4, -0.2) is 92.0 Å². The minimum absolute atomic E-state index is 0. The summed E-state index contributed by atoms with van der Waals surface area (Å²) in [5, 5.41) is 0. The van der Waals surface area contributed by atoms with Crippen molar-refractivity contribution in [2.24, 2.45) is 14.1 Å². The first-order valence-electron chi connectivity index (χ1n) is 13.4. The van der Waals surface area contributed by atoms with Gasteiger partial charge in [0.05, 0.1) is 35.2 Å². The van der Waals surface area contributed by atoms with Crippen LogP contribution in [-0.2, 0) is 64.5 Å². The van der Waals surface area contributed by atoms with Crippen molar-refractivity contribution in [3.8, 4) is 0 Å². The summed E-state index contributed by atoms with van der Waals surface area (Å²) in [5.74, 6) is 2.28. The molecular weight excluding hydrogens is 725 g/mol. The van der Waals surface area contributed by atoms with Crippen LogP contribution in [0.2, 0.25) is 0 Å². The Balaban J connectivity index is 0.000000377. The minimum atomic E-state index is -6.09. The summed E-state index contributed by atoms with van der Waals surface area (Å²) in [6.45, 7) is 3.97. The molecule has 21 heteroatoms. The van der Waals surface area contributed by atoms with Gasteiger partial charge in [-0.05, 0) is 50.7 Å². The van der Waals surface area contributed by atoms with Gasteiger partial charge in [-0.2, -0.15) is 26.3 Å². The molecule has 2 aromatic carbocycles. The molecule has 5 rings (SSSR count). The molecule has 47 heavy (non-hydrogen) atoms. The number of hydrogen-bond acceptors (Lipinski definition) is 10. The predicted molar refractivity (Wildman–Crippen MR) is 153 cm³/mol. The third-order valence-corrected chi connectivity index (χ3v) is 8.24. The second-order valence-corrected chi connectivity index (χ2v) is 13.2. The molecule has 1 atom stereocenters. The normalized spacial score (nSPS) is 16.0. The Labute approximate surface area is 277 Å². The summed E-state index contributed by atoms with van der Waals surface area (Å²) in [6.07, 6.45) is 2.51. The Bertz CT molecular complexity index is 1820. The number of nitrogens with zero attached hydrogens (tertiary/aromatic N) is 6. The third-order valence-electron chi connectivity index (χ3n) is 7.10. The zero-order chi connectivity index (χ0) is 34.7. The van der Waals surface area contributed by atoms with Gasteiger partial charge in [-0.1, -0.05) is 24.3 Å². The minimum Gasteiger partial charge on any atom is -0.741 e. The molecule has 0 unspecified atom stereocenters. The van der Waals surface area contributed by atoms with Crippen molar-refractivity contribution in [2.75, 3.05) is 20.1 Å². The molecule has 1 radical (unpaired) electrons. The third kappa shape index (κ3) is 10.6. The number of alkyl halides is 6. The first-order valence-corrected chi connectivity index (χ1v) is 16.2. The Kier molecular flexibility index (Phi) is 13.4. The van der Waals surface area contributed by atoms with Gasteiger partial charge < -0.3 is 18.2 Å². The van der Waals surface area contributed by atoms with Crippen LogP contribution in [0.4, 0.5) is 26.3 Å². The van der Waals surface area contributed by atoms with E-state index in [1.54, 1.807) is 0 Å². The van der Waals surface area contributed by atoms with Crippen LogP contribution < -0.4 is 0 Å². The van der Waals surface area contributed by atoms with Crippen molar-refractivity contribution in [3.63, 3.8) is 0 Å². The monoisotopic (exact) mass is 755 g/mol. The summed E-state index contributed by atoms with van der Waals surface area (Å²) in [6, 6.07) is 17.3.